The van der Waals surface area contributed by atoms with Crippen LogP contribution >= 0.6 is 0 Å². The number of benzene rings is 3. The van der Waals surface area contributed by atoms with Crippen molar-refractivity contribution in [2.45, 2.75) is 94.4 Å². The van der Waals surface area contributed by atoms with Crippen molar-refractivity contribution in [1.29, 1.82) is 0 Å². The fraction of sp³-hybridized carbons (Fsp3) is 0.442. The van der Waals surface area contributed by atoms with Gasteiger partial charge in [0.2, 0.25) is 0 Å². The van der Waals surface area contributed by atoms with E-state index in [1.54, 1.807) is 92.7 Å². The van der Waals surface area contributed by atoms with Gasteiger partial charge in [0, 0.05) is 118 Å². The van der Waals surface area contributed by atoms with Gasteiger partial charge in [-0.15, -0.1) is 0 Å². The summed E-state index contributed by atoms with van der Waals surface area (Å²) in [4.78, 5) is 56.0. The van der Waals surface area contributed by atoms with E-state index < -0.39 is 101 Å². The van der Waals surface area contributed by atoms with E-state index in [2.05, 4.69) is 5.32 Å². The number of Topliss-reactive ketones (excluding diaryl/α,β-unsaturated/α-hetero) is 1. The zero-order chi connectivity index (χ0) is 40.4. The number of ketones is 1. The van der Waals surface area contributed by atoms with Crippen LogP contribution in [0.1, 0.15) is 72.9 Å². The molecule has 1 aliphatic heterocycles. The van der Waals surface area contributed by atoms with Crippen LogP contribution in [0.15, 0.2) is 102 Å². The quantitative estimate of drug-likeness (QED) is 0.142. The van der Waals surface area contributed by atoms with Gasteiger partial charge in [0.25, 0.3) is 5.91 Å². The molecule has 13 nitrogen and oxygen atoms in total. The van der Waals surface area contributed by atoms with E-state index in [-0.39, 0.29) is 123 Å². The summed E-state index contributed by atoms with van der Waals surface area (Å²) in [5.41, 5.74) is -6.83. The second kappa shape index (κ2) is 17.8. The number of rotatable bonds is 8. The number of aliphatic hydroxyl groups is 5. The number of amides is 1. The van der Waals surface area contributed by atoms with Crippen LogP contribution in [0.25, 0.3) is 0 Å². The van der Waals surface area contributed by atoms with Crippen LogP contribution in [-0.4, -0.2) is 104 Å². The van der Waals surface area contributed by atoms with Crippen molar-refractivity contribution in [2.75, 3.05) is 6.61 Å². The third kappa shape index (κ3) is 7.78. The Kier molecular flexibility index (Phi) is 14.5. The Bertz CT molecular complexity index is 2050. The molecule has 1 amide bonds. The van der Waals surface area contributed by atoms with Crippen LogP contribution in [0.3, 0.4) is 0 Å². The molecule has 3 aliphatic carbocycles. The summed E-state index contributed by atoms with van der Waals surface area (Å²) in [7, 11) is 0. The van der Waals surface area contributed by atoms with Crippen molar-refractivity contribution < 1.29 is 147 Å². The molecular weight excluding hydrogens is 1180 g/mol. The van der Waals surface area contributed by atoms with Gasteiger partial charge in [-0.25, -0.2) is 9.59 Å². The van der Waals surface area contributed by atoms with Crippen LogP contribution in [0.5, 0.6) is 0 Å². The Labute approximate surface area is 408 Å². The number of aliphatic hydroxyl groups excluding tert-OH is 3. The first-order chi connectivity index (χ1) is 26.5. The van der Waals surface area contributed by atoms with E-state index >= 15 is 0 Å². The number of ether oxygens (including phenoxy) is 3. The molecule has 7 rings (SSSR count). The maximum absolute atomic E-state index is 14.7. The Morgan fingerprint density at radius 2 is 1.40 bits per heavy atom. The summed E-state index contributed by atoms with van der Waals surface area (Å²) in [6.45, 7) is 5.72. The number of carbonyl (C=O) groups is 4. The number of fused-ring (bicyclic) bond motifs is 5. The molecule has 2 saturated carbocycles. The molecular formula is C43H47Ac2NO12. The van der Waals surface area contributed by atoms with E-state index in [1.807, 2.05) is 0 Å². The smallest absolute Gasteiger partial charge is 0.338 e. The Hall–Kier alpha value is -1.88. The third-order valence-electron chi connectivity index (χ3n) is 12.9. The Morgan fingerprint density at radius 3 is 1.95 bits per heavy atom. The summed E-state index contributed by atoms with van der Waals surface area (Å²) in [5, 5.41) is 63.6. The molecule has 4 aliphatic rings. The van der Waals surface area contributed by atoms with Crippen LogP contribution in [-0.2, 0) is 23.8 Å². The van der Waals surface area contributed by atoms with Crippen molar-refractivity contribution in [2.24, 2.45) is 16.7 Å². The number of carbonyl (C=O) groups excluding carboxylic acids is 4. The molecule has 1 saturated heterocycles. The van der Waals surface area contributed by atoms with Gasteiger partial charge in [-0.1, -0.05) is 80.6 Å². The predicted molar refractivity (Wildman–Crippen MR) is 199 cm³/mol. The zero-order valence-corrected chi connectivity index (χ0v) is 42.1. The fourth-order valence-corrected chi connectivity index (χ4v) is 9.54. The third-order valence-corrected chi connectivity index (χ3v) is 12.9. The van der Waals surface area contributed by atoms with Crippen LogP contribution in [0, 0.1) is 105 Å². The minimum Gasteiger partial charge on any atom is -0.456 e. The molecule has 3 fully saturated rings. The van der Waals surface area contributed by atoms with Crippen LogP contribution in [0.2, 0.25) is 0 Å². The molecule has 58 heavy (non-hydrogen) atoms. The molecule has 2 radical (unpaired) electrons. The van der Waals surface area contributed by atoms with Crippen LogP contribution in [0.4, 0.5) is 0 Å². The first-order valence-electron chi connectivity index (χ1n) is 18.7. The van der Waals surface area contributed by atoms with Crippen molar-refractivity contribution in [3.05, 3.63) is 119 Å². The normalized spacial score (nSPS) is 33.1. The zero-order valence-electron chi connectivity index (χ0n) is 32.6. The van der Waals surface area contributed by atoms with Crippen molar-refractivity contribution in [3.63, 3.8) is 0 Å². The number of hydrogen-bond donors (Lipinski definition) is 6. The summed E-state index contributed by atoms with van der Waals surface area (Å²) in [6, 6.07) is 23.2. The second-order valence-electron chi connectivity index (χ2n) is 16.2. The fourth-order valence-electron chi connectivity index (χ4n) is 9.54. The van der Waals surface area contributed by atoms with Gasteiger partial charge in [0.15, 0.2) is 11.9 Å². The van der Waals surface area contributed by atoms with E-state index in [9.17, 15) is 44.7 Å². The molecule has 11 unspecified atom stereocenters. The van der Waals surface area contributed by atoms with Crippen molar-refractivity contribution >= 4 is 23.6 Å². The molecule has 3 aromatic rings. The second-order valence-corrected chi connectivity index (χ2v) is 16.2. The molecule has 15 heteroatoms. The minimum absolute atomic E-state index is 0. The molecule has 11 atom stereocenters. The average molecular weight is 1220 g/mol. The Balaban J connectivity index is 0.00000320. The topological polar surface area (TPSA) is 209 Å². The maximum atomic E-state index is 14.7. The van der Waals surface area contributed by atoms with Gasteiger partial charge in [-0.05, 0) is 54.8 Å². The van der Waals surface area contributed by atoms with Gasteiger partial charge in [-0.3, -0.25) is 9.59 Å². The molecule has 0 spiro atoms. The molecule has 3 aromatic carbocycles. The summed E-state index contributed by atoms with van der Waals surface area (Å²) in [5.74, 6) is -5.07. The Morgan fingerprint density at radius 1 is 0.845 bits per heavy atom. The molecule has 2 bridgehead atoms. The molecule has 0 aromatic heterocycles. The van der Waals surface area contributed by atoms with E-state index in [1.165, 1.54) is 26.0 Å². The molecule has 1 heterocycles. The van der Waals surface area contributed by atoms with E-state index in [0.717, 1.165) is 0 Å². The summed E-state index contributed by atoms with van der Waals surface area (Å²) < 4.78 is 17.9. The van der Waals surface area contributed by atoms with Crippen LogP contribution < -0.4 is 5.32 Å². The summed E-state index contributed by atoms with van der Waals surface area (Å²) >= 11 is 0. The number of esters is 2. The molecule has 6 N–H and O–H groups in total. The van der Waals surface area contributed by atoms with E-state index in [4.69, 9.17) is 14.2 Å². The number of hydrogen-bond acceptors (Lipinski definition) is 12. The molecule has 302 valence electrons. The number of nitrogens with one attached hydrogen (secondary N) is 1. The minimum atomic E-state index is -2.30. The largest absolute Gasteiger partial charge is 0.456 e. The standard InChI is InChI=1S/C43H47NO12.2Ac/c1-23-27(55-39(51)33(47)31(24-14-8-5-9-15-24)44-37(49)25-16-10-6-11-17-25)21-43(53)36(56-38(50)26-18-12-7-13-19-26)34-41(4,28(45)20-29-42(34,52)22-54-29)35(48)32(46)30(23)40(43,2)3;;/h5-19,27-29,31-34,36,45-47,52-53H,20-22H2,1-4H3,(H,44,49);;. The van der Waals surface area contributed by atoms with Gasteiger partial charge < -0.3 is 45.1 Å². The van der Waals surface area contributed by atoms with E-state index in [0.29, 0.717) is 5.56 Å². The van der Waals surface area contributed by atoms with Crippen molar-refractivity contribution in [3.8, 4) is 0 Å². The maximum Gasteiger partial charge on any atom is 0.338 e. The summed E-state index contributed by atoms with van der Waals surface area (Å²) in [6.07, 6.45) is -10.3. The first kappa shape index (κ1) is 47.2. The SMILES string of the molecule is CC1=C2C(O)C(=O)C3(C)C(O)CC4OCC4(O)C3C(OC(=O)c3ccccc3)C(O)(CC1OC(=O)C(O)C(NC(=O)c1ccccc1)c1ccccc1)C2(C)C.[Ac].[Ac]. The van der Waals surface area contributed by atoms with Crippen molar-refractivity contribution in [1.82, 2.24) is 5.32 Å². The monoisotopic (exact) mass is 1220 g/mol. The van der Waals surface area contributed by atoms with Gasteiger partial charge in [-0.2, -0.15) is 0 Å². The van der Waals surface area contributed by atoms with Gasteiger partial charge in [0.05, 0.1) is 35.8 Å². The van der Waals surface area contributed by atoms with Gasteiger partial charge >= 0.3 is 11.9 Å². The van der Waals surface area contributed by atoms with Gasteiger partial charge in [0.1, 0.15) is 29.5 Å². The average Bonchev–Trinajstić information content (AvgIpc) is 3.19. The predicted octanol–water partition coefficient (Wildman–Crippen LogP) is 2.59. The first-order valence-corrected chi connectivity index (χ1v) is 18.7.